The molecule has 0 bridgehead atoms. The van der Waals surface area contributed by atoms with E-state index in [4.69, 9.17) is 16.3 Å². The van der Waals surface area contributed by atoms with Crippen molar-refractivity contribution in [1.82, 2.24) is 19.5 Å². The lowest BCUT2D eigenvalue weighted by molar-refractivity contribution is -0.134. The number of carbonyl (C=O) groups is 1. The van der Waals surface area contributed by atoms with E-state index in [2.05, 4.69) is 10.1 Å². The third-order valence-electron chi connectivity index (χ3n) is 4.20. The number of ether oxygens (including phenoxy) is 1. The summed E-state index contributed by atoms with van der Waals surface area (Å²) in [4.78, 5) is 31.0. The smallest absolute Gasteiger partial charge is 0.277 e. The van der Waals surface area contributed by atoms with Gasteiger partial charge in [0.05, 0.1) is 17.8 Å². The fourth-order valence-electron chi connectivity index (χ4n) is 2.92. The van der Waals surface area contributed by atoms with Gasteiger partial charge >= 0.3 is 0 Å². The van der Waals surface area contributed by atoms with Crippen molar-refractivity contribution >= 4 is 23.2 Å². The van der Waals surface area contributed by atoms with Gasteiger partial charge in [0.2, 0.25) is 0 Å². The fourth-order valence-corrected chi connectivity index (χ4v) is 3.10. The van der Waals surface area contributed by atoms with Crippen molar-refractivity contribution in [3.63, 3.8) is 0 Å². The van der Waals surface area contributed by atoms with Crippen LogP contribution in [0.5, 0.6) is 5.75 Å². The maximum absolute atomic E-state index is 12.5. The molecule has 3 aromatic rings. The molecule has 0 atom stereocenters. The second kappa shape index (κ2) is 6.25. The van der Waals surface area contributed by atoms with Gasteiger partial charge < -0.3 is 9.64 Å². The minimum Gasteiger partial charge on any atom is -0.484 e. The van der Waals surface area contributed by atoms with Crippen molar-refractivity contribution in [2.45, 2.75) is 13.0 Å². The summed E-state index contributed by atoms with van der Waals surface area (Å²) in [6, 6.07) is 8.63. The number of rotatable bonds is 3. The summed E-state index contributed by atoms with van der Waals surface area (Å²) in [5.41, 5.74) is 1.72. The number of carbonyl (C=O) groups excluding carboxylic acids is 1. The Morgan fingerprint density at radius 2 is 2.24 bits per heavy atom. The molecule has 1 N–H and O–H groups in total. The SMILES string of the molecule is O=C(COc1cccc(Cl)c1)N1CCc2nc3cc[nH]n3c(=O)c2C1. The largest absolute Gasteiger partial charge is 0.484 e. The molecule has 8 heteroatoms. The second-order valence-electron chi connectivity index (χ2n) is 5.81. The molecule has 1 aliphatic rings. The minimum atomic E-state index is -0.179. The van der Waals surface area contributed by atoms with E-state index >= 15 is 0 Å². The predicted molar refractivity (Wildman–Crippen MR) is 91.9 cm³/mol. The van der Waals surface area contributed by atoms with E-state index in [0.29, 0.717) is 34.9 Å². The van der Waals surface area contributed by atoms with Gasteiger partial charge in [-0.2, -0.15) is 0 Å². The van der Waals surface area contributed by atoms with E-state index in [1.165, 1.54) is 4.52 Å². The molecule has 1 amide bonds. The van der Waals surface area contributed by atoms with Gasteiger partial charge in [-0.25, -0.2) is 9.50 Å². The van der Waals surface area contributed by atoms with Crippen LogP contribution in [0, 0.1) is 0 Å². The molecular formula is C17H15ClN4O3. The van der Waals surface area contributed by atoms with Crippen LogP contribution in [0.2, 0.25) is 5.02 Å². The number of aromatic amines is 1. The van der Waals surface area contributed by atoms with E-state index in [0.717, 1.165) is 5.69 Å². The van der Waals surface area contributed by atoms with Crippen LogP contribution in [0.15, 0.2) is 41.3 Å². The Labute approximate surface area is 147 Å². The lowest BCUT2D eigenvalue weighted by Crippen LogP contribution is -2.42. The highest BCUT2D eigenvalue weighted by molar-refractivity contribution is 6.30. The first-order chi connectivity index (χ1) is 12.1. The van der Waals surface area contributed by atoms with Crippen molar-refractivity contribution < 1.29 is 9.53 Å². The van der Waals surface area contributed by atoms with E-state index < -0.39 is 0 Å². The van der Waals surface area contributed by atoms with Gasteiger partial charge in [0.25, 0.3) is 11.5 Å². The molecule has 2 aromatic heterocycles. The number of nitrogens with one attached hydrogen (secondary N) is 1. The van der Waals surface area contributed by atoms with Crippen molar-refractivity contribution in [2.24, 2.45) is 0 Å². The zero-order valence-corrected chi connectivity index (χ0v) is 14.0. The Morgan fingerprint density at radius 1 is 1.36 bits per heavy atom. The first-order valence-corrected chi connectivity index (χ1v) is 8.23. The maximum atomic E-state index is 12.5. The van der Waals surface area contributed by atoms with Crippen molar-refractivity contribution in [3.8, 4) is 5.75 Å². The number of fused-ring (bicyclic) bond motifs is 2. The maximum Gasteiger partial charge on any atom is 0.277 e. The Hall–Kier alpha value is -2.80. The molecule has 25 heavy (non-hydrogen) atoms. The number of amides is 1. The molecule has 4 rings (SSSR count). The normalized spacial score (nSPS) is 13.7. The summed E-state index contributed by atoms with van der Waals surface area (Å²) in [7, 11) is 0. The lowest BCUT2D eigenvalue weighted by atomic mass is 10.1. The van der Waals surface area contributed by atoms with Crippen LogP contribution in [0.4, 0.5) is 0 Å². The summed E-state index contributed by atoms with van der Waals surface area (Å²) in [5.74, 6) is 0.356. The number of halogens is 1. The van der Waals surface area contributed by atoms with Crippen LogP contribution in [0.3, 0.4) is 0 Å². The highest BCUT2D eigenvalue weighted by Gasteiger charge is 2.25. The summed E-state index contributed by atoms with van der Waals surface area (Å²) < 4.78 is 6.88. The molecular weight excluding hydrogens is 344 g/mol. The Balaban J connectivity index is 1.50. The topological polar surface area (TPSA) is 79.7 Å². The summed E-state index contributed by atoms with van der Waals surface area (Å²) >= 11 is 5.90. The third-order valence-corrected chi connectivity index (χ3v) is 4.44. The number of H-pyrrole nitrogens is 1. The number of nitrogens with zero attached hydrogens (tertiary/aromatic N) is 3. The van der Waals surface area contributed by atoms with Crippen LogP contribution < -0.4 is 10.3 Å². The van der Waals surface area contributed by atoms with E-state index in [1.807, 2.05) is 0 Å². The number of aromatic nitrogens is 3. The van der Waals surface area contributed by atoms with Gasteiger partial charge in [-0.15, -0.1) is 0 Å². The molecule has 3 heterocycles. The first kappa shape index (κ1) is 15.7. The summed E-state index contributed by atoms with van der Waals surface area (Å²) in [6.45, 7) is 0.647. The second-order valence-corrected chi connectivity index (χ2v) is 6.25. The highest BCUT2D eigenvalue weighted by Crippen LogP contribution is 2.18. The zero-order valence-electron chi connectivity index (χ0n) is 13.2. The summed E-state index contributed by atoms with van der Waals surface area (Å²) in [5, 5.41) is 3.38. The molecule has 0 saturated carbocycles. The van der Waals surface area contributed by atoms with Gasteiger partial charge in [0.15, 0.2) is 12.3 Å². The molecule has 0 spiro atoms. The third kappa shape index (κ3) is 2.98. The first-order valence-electron chi connectivity index (χ1n) is 7.86. The molecule has 1 aliphatic heterocycles. The lowest BCUT2D eigenvalue weighted by Gasteiger charge is -2.27. The molecule has 0 aliphatic carbocycles. The number of hydrogen-bond acceptors (Lipinski definition) is 4. The van der Waals surface area contributed by atoms with Gasteiger partial charge in [-0.3, -0.25) is 14.7 Å². The van der Waals surface area contributed by atoms with E-state index in [-0.39, 0.29) is 24.6 Å². The van der Waals surface area contributed by atoms with Crippen molar-refractivity contribution in [2.75, 3.05) is 13.2 Å². The van der Waals surface area contributed by atoms with Crippen LogP contribution in [0.25, 0.3) is 5.65 Å². The quantitative estimate of drug-likeness (QED) is 0.772. The average Bonchev–Trinajstić information content (AvgIpc) is 3.08. The van der Waals surface area contributed by atoms with Crippen LogP contribution in [-0.4, -0.2) is 38.6 Å². The monoisotopic (exact) mass is 358 g/mol. The van der Waals surface area contributed by atoms with E-state index in [1.54, 1.807) is 41.4 Å². The highest BCUT2D eigenvalue weighted by atomic mass is 35.5. The van der Waals surface area contributed by atoms with Crippen LogP contribution in [0.1, 0.15) is 11.3 Å². The molecule has 1 aromatic carbocycles. The average molecular weight is 359 g/mol. The number of benzene rings is 1. The summed E-state index contributed by atoms with van der Waals surface area (Å²) in [6.07, 6.45) is 2.21. The zero-order chi connectivity index (χ0) is 17.4. The Bertz CT molecular complexity index is 1010. The molecule has 0 fully saturated rings. The Kier molecular flexibility index (Phi) is 3.93. The van der Waals surface area contributed by atoms with Gasteiger partial charge in [-0.05, 0) is 18.2 Å². The molecule has 0 saturated heterocycles. The van der Waals surface area contributed by atoms with Crippen LogP contribution in [-0.2, 0) is 17.8 Å². The van der Waals surface area contributed by atoms with Crippen molar-refractivity contribution in [3.05, 3.63) is 63.2 Å². The van der Waals surface area contributed by atoms with Gasteiger partial charge in [-0.1, -0.05) is 17.7 Å². The number of hydrogen-bond donors (Lipinski definition) is 1. The standard InChI is InChI=1S/C17H15ClN4O3/c18-11-2-1-3-12(8-11)25-10-16(23)21-7-5-14-13(9-21)17(24)22-15(20-14)4-6-19-22/h1-4,6,8,19H,5,7,9-10H2. The predicted octanol–water partition coefficient (Wildman–Crippen LogP) is 1.64. The van der Waals surface area contributed by atoms with E-state index in [9.17, 15) is 9.59 Å². The molecule has 0 unspecified atom stereocenters. The van der Waals surface area contributed by atoms with Gasteiger partial charge in [0, 0.05) is 30.3 Å². The molecule has 7 nitrogen and oxygen atoms in total. The van der Waals surface area contributed by atoms with Gasteiger partial charge in [0.1, 0.15) is 5.75 Å². The minimum absolute atomic E-state index is 0.102. The fraction of sp³-hybridized carbons (Fsp3) is 0.235. The Morgan fingerprint density at radius 3 is 3.08 bits per heavy atom. The van der Waals surface area contributed by atoms with Crippen molar-refractivity contribution in [1.29, 1.82) is 0 Å². The molecule has 0 radical (unpaired) electrons. The molecule has 128 valence electrons. The van der Waals surface area contributed by atoms with Crippen LogP contribution >= 0.6 is 11.6 Å².